The molecule has 1 aromatic carbocycles. The lowest BCUT2D eigenvalue weighted by atomic mass is 10.2. The first-order chi connectivity index (χ1) is 8.17. The minimum atomic E-state index is -0.379. The minimum absolute atomic E-state index is 0.196. The fourth-order valence-corrected chi connectivity index (χ4v) is 1.41. The van der Waals surface area contributed by atoms with Crippen LogP contribution in [0.2, 0.25) is 0 Å². The maximum atomic E-state index is 10.6. The summed E-state index contributed by atoms with van der Waals surface area (Å²) in [5.74, 6) is 0.895. The summed E-state index contributed by atoms with van der Waals surface area (Å²) in [6.45, 7) is 1.02. The second-order valence-electron chi connectivity index (χ2n) is 3.58. The van der Waals surface area contributed by atoms with Crippen molar-refractivity contribution in [2.45, 2.75) is 13.0 Å². The maximum Gasteiger partial charge on any atom is 0.220 e. The third-order valence-corrected chi connectivity index (χ3v) is 2.21. The molecule has 3 N–H and O–H groups in total. The molecule has 5 nitrogen and oxygen atoms in total. The Morgan fingerprint density at radius 1 is 1.41 bits per heavy atom. The number of amides is 1. The Morgan fingerprint density at radius 3 is 2.76 bits per heavy atom. The molecule has 0 aliphatic carbocycles. The van der Waals surface area contributed by atoms with Crippen molar-refractivity contribution in [2.24, 2.45) is 5.73 Å². The van der Waals surface area contributed by atoms with Gasteiger partial charge in [0.25, 0.3) is 0 Å². The lowest BCUT2D eigenvalue weighted by Crippen LogP contribution is -2.14. The average Bonchev–Trinajstić information content (AvgIpc) is 2.30. The van der Waals surface area contributed by atoms with E-state index in [1.165, 1.54) is 0 Å². The van der Waals surface area contributed by atoms with E-state index in [9.17, 15) is 4.79 Å². The number of hydrogen-bond acceptors (Lipinski definition) is 4. The molecule has 1 amide bonds. The molecular formula is C12H18N2O3. The number of ether oxygens (including phenoxy) is 2. The van der Waals surface area contributed by atoms with Crippen molar-refractivity contribution < 1.29 is 14.3 Å². The highest BCUT2D eigenvalue weighted by molar-refractivity contribution is 5.73. The lowest BCUT2D eigenvalue weighted by molar-refractivity contribution is -0.118. The molecule has 0 fully saturated rings. The van der Waals surface area contributed by atoms with Crippen LogP contribution in [0, 0.1) is 0 Å². The predicted molar refractivity (Wildman–Crippen MR) is 65.1 cm³/mol. The van der Waals surface area contributed by atoms with Crippen LogP contribution < -0.4 is 20.5 Å². The van der Waals surface area contributed by atoms with Gasteiger partial charge in [0, 0.05) is 6.54 Å². The lowest BCUT2D eigenvalue weighted by Gasteiger charge is -2.11. The molecular weight excluding hydrogens is 220 g/mol. The van der Waals surface area contributed by atoms with Gasteiger partial charge in [0.15, 0.2) is 11.5 Å². The fourth-order valence-electron chi connectivity index (χ4n) is 1.41. The first kappa shape index (κ1) is 13.3. The van der Waals surface area contributed by atoms with E-state index in [4.69, 9.17) is 15.2 Å². The summed E-state index contributed by atoms with van der Waals surface area (Å²) >= 11 is 0. The molecule has 0 aliphatic rings. The molecule has 5 heteroatoms. The Bertz CT molecular complexity index is 380. The fraction of sp³-hybridized carbons (Fsp3) is 0.417. The van der Waals surface area contributed by atoms with Gasteiger partial charge in [0.05, 0.1) is 20.1 Å². The standard InChI is InChI=1S/C12H18N2O3/c1-14-8-9-3-4-10(11(7-9)16-2)17-6-5-12(13)15/h3-4,7,14H,5-6,8H2,1-2H3,(H2,13,15). The largest absolute Gasteiger partial charge is 0.493 e. The van der Waals surface area contributed by atoms with Gasteiger partial charge in [-0.15, -0.1) is 0 Å². The number of benzene rings is 1. The van der Waals surface area contributed by atoms with Gasteiger partial charge in [0.2, 0.25) is 5.91 Å². The molecule has 17 heavy (non-hydrogen) atoms. The molecule has 0 aliphatic heterocycles. The number of primary amides is 1. The highest BCUT2D eigenvalue weighted by Crippen LogP contribution is 2.28. The topological polar surface area (TPSA) is 73.6 Å². The van der Waals surface area contributed by atoms with Crippen molar-refractivity contribution in [1.29, 1.82) is 0 Å². The highest BCUT2D eigenvalue weighted by Gasteiger charge is 2.06. The number of hydrogen-bond donors (Lipinski definition) is 2. The Morgan fingerprint density at radius 2 is 2.18 bits per heavy atom. The van der Waals surface area contributed by atoms with E-state index in [0.29, 0.717) is 11.5 Å². The summed E-state index contributed by atoms with van der Waals surface area (Å²) in [6, 6.07) is 5.67. The van der Waals surface area contributed by atoms with E-state index < -0.39 is 0 Å². The van der Waals surface area contributed by atoms with Crippen LogP contribution in [0.3, 0.4) is 0 Å². The molecule has 0 saturated carbocycles. The third kappa shape index (κ3) is 4.32. The van der Waals surface area contributed by atoms with E-state index in [0.717, 1.165) is 12.1 Å². The van der Waals surface area contributed by atoms with Crippen LogP contribution in [0.5, 0.6) is 11.5 Å². The molecule has 0 heterocycles. The Hall–Kier alpha value is -1.75. The van der Waals surface area contributed by atoms with E-state index in [-0.39, 0.29) is 18.9 Å². The van der Waals surface area contributed by atoms with Gasteiger partial charge in [-0.25, -0.2) is 0 Å². The van der Waals surface area contributed by atoms with Crippen LogP contribution in [0.25, 0.3) is 0 Å². The Balaban J connectivity index is 2.67. The molecule has 0 spiro atoms. The van der Waals surface area contributed by atoms with Gasteiger partial charge in [-0.2, -0.15) is 0 Å². The smallest absolute Gasteiger partial charge is 0.220 e. The van der Waals surface area contributed by atoms with Gasteiger partial charge >= 0.3 is 0 Å². The molecule has 94 valence electrons. The van der Waals surface area contributed by atoms with Gasteiger partial charge < -0.3 is 20.5 Å². The predicted octanol–water partition coefficient (Wildman–Crippen LogP) is 0.669. The zero-order valence-electron chi connectivity index (χ0n) is 10.2. The van der Waals surface area contributed by atoms with E-state index in [2.05, 4.69) is 5.32 Å². The number of methoxy groups -OCH3 is 1. The zero-order valence-corrected chi connectivity index (χ0v) is 10.2. The molecule has 0 atom stereocenters. The molecule has 0 bridgehead atoms. The van der Waals surface area contributed by atoms with Crippen molar-refractivity contribution in [3.05, 3.63) is 23.8 Å². The summed E-state index contributed by atoms with van der Waals surface area (Å²) in [4.78, 5) is 10.6. The Labute approximate surface area is 101 Å². The van der Waals surface area contributed by atoms with Crippen LogP contribution in [-0.2, 0) is 11.3 Å². The molecule has 1 aromatic rings. The van der Waals surface area contributed by atoms with Crippen LogP contribution in [0.15, 0.2) is 18.2 Å². The number of carbonyl (C=O) groups excluding carboxylic acids is 1. The first-order valence-corrected chi connectivity index (χ1v) is 5.40. The van der Waals surface area contributed by atoms with Crippen LogP contribution in [0.4, 0.5) is 0 Å². The summed E-state index contributed by atoms with van der Waals surface area (Å²) in [5.41, 5.74) is 6.14. The van der Waals surface area contributed by atoms with Crippen molar-refractivity contribution >= 4 is 5.91 Å². The van der Waals surface area contributed by atoms with Gasteiger partial charge in [0.1, 0.15) is 0 Å². The number of nitrogens with one attached hydrogen (secondary N) is 1. The molecule has 0 saturated heterocycles. The van der Waals surface area contributed by atoms with Crippen molar-refractivity contribution in [3.63, 3.8) is 0 Å². The summed E-state index contributed by atoms with van der Waals surface area (Å²) in [5, 5.41) is 3.06. The SMILES string of the molecule is CNCc1ccc(OCCC(N)=O)c(OC)c1. The quantitative estimate of drug-likeness (QED) is 0.732. The van der Waals surface area contributed by atoms with Crippen molar-refractivity contribution in [1.82, 2.24) is 5.32 Å². The number of rotatable bonds is 7. The van der Waals surface area contributed by atoms with Gasteiger partial charge in [-0.3, -0.25) is 4.79 Å². The summed E-state index contributed by atoms with van der Waals surface area (Å²) in [6.07, 6.45) is 0.196. The van der Waals surface area contributed by atoms with Crippen molar-refractivity contribution in [3.8, 4) is 11.5 Å². The summed E-state index contributed by atoms with van der Waals surface area (Å²) < 4.78 is 10.6. The molecule has 1 rings (SSSR count). The van der Waals surface area contributed by atoms with Crippen molar-refractivity contribution in [2.75, 3.05) is 20.8 Å². The maximum absolute atomic E-state index is 10.6. The second-order valence-corrected chi connectivity index (χ2v) is 3.58. The molecule has 0 aromatic heterocycles. The molecule has 0 radical (unpaired) electrons. The van der Waals surface area contributed by atoms with Crippen LogP contribution >= 0.6 is 0 Å². The normalized spacial score (nSPS) is 10.0. The van der Waals surface area contributed by atoms with Crippen LogP contribution in [0.1, 0.15) is 12.0 Å². The minimum Gasteiger partial charge on any atom is -0.493 e. The third-order valence-electron chi connectivity index (χ3n) is 2.21. The molecule has 0 unspecified atom stereocenters. The van der Waals surface area contributed by atoms with Gasteiger partial charge in [-0.1, -0.05) is 6.07 Å². The van der Waals surface area contributed by atoms with E-state index in [1.54, 1.807) is 7.11 Å². The van der Waals surface area contributed by atoms with E-state index in [1.807, 2.05) is 25.2 Å². The highest BCUT2D eigenvalue weighted by atomic mass is 16.5. The monoisotopic (exact) mass is 238 g/mol. The zero-order chi connectivity index (χ0) is 12.7. The first-order valence-electron chi connectivity index (χ1n) is 5.40. The Kier molecular flexibility index (Phi) is 5.29. The van der Waals surface area contributed by atoms with E-state index >= 15 is 0 Å². The summed E-state index contributed by atoms with van der Waals surface area (Å²) in [7, 11) is 3.46. The number of nitrogens with two attached hydrogens (primary N) is 1. The number of carbonyl (C=O) groups is 1. The van der Waals surface area contributed by atoms with Crippen LogP contribution in [-0.4, -0.2) is 26.7 Å². The second kappa shape index (κ2) is 6.75. The van der Waals surface area contributed by atoms with Gasteiger partial charge in [-0.05, 0) is 24.7 Å². The average molecular weight is 238 g/mol.